The van der Waals surface area contributed by atoms with Crippen LogP contribution in [-0.4, -0.2) is 44.1 Å². The average molecular weight is 399 g/mol. The third kappa shape index (κ3) is 4.52. The van der Waals surface area contributed by atoms with Gasteiger partial charge in [-0.25, -0.2) is 5.43 Å². The van der Waals surface area contributed by atoms with Crippen LogP contribution in [-0.2, 0) is 11.2 Å². The van der Waals surface area contributed by atoms with Crippen molar-refractivity contribution < 1.29 is 14.5 Å². The van der Waals surface area contributed by atoms with Crippen molar-refractivity contribution in [2.75, 3.05) is 12.3 Å². The Morgan fingerprint density at radius 3 is 2.96 bits per heavy atom. The van der Waals surface area contributed by atoms with Crippen molar-refractivity contribution in [3.63, 3.8) is 0 Å². The number of hydrogen-bond donors (Lipinski definition) is 1. The summed E-state index contributed by atoms with van der Waals surface area (Å²) in [7, 11) is 0. The van der Waals surface area contributed by atoms with Gasteiger partial charge in [0.05, 0.1) is 16.2 Å². The molecule has 3 rings (SSSR count). The molecule has 9 nitrogen and oxygen atoms in total. The van der Waals surface area contributed by atoms with E-state index in [9.17, 15) is 19.7 Å². The molecule has 2 aromatic rings. The van der Waals surface area contributed by atoms with Crippen LogP contribution in [0, 0.1) is 17.0 Å². The van der Waals surface area contributed by atoms with E-state index in [4.69, 9.17) is 0 Å². The molecule has 0 atom stereocenters. The van der Waals surface area contributed by atoms with Crippen LogP contribution in [0.1, 0.15) is 21.5 Å². The SMILES string of the molecule is Cc1ccc([N+](=O)[O-])cc1CCN1C(=O)CSC1=NNC(=O)c1cccnc1. The van der Waals surface area contributed by atoms with Crippen molar-refractivity contribution in [3.8, 4) is 0 Å². The highest BCUT2D eigenvalue weighted by molar-refractivity contribution is 8.15. The Morgan fingerprint density at radius 2 is 2.25 bits per heavy atom. The number of nitro benzene ring substituents is 1. The zero-order valence-electron chi connectivity index (χ0n) is 15.0. The monoisotopic (exact) mass is 399 g/mol. The number of carbonyl (C=O) groups is 2. The number of hydrazone groups is 1. The summed E-state index contributed by atoms with van der Waals surface area (Å²) in [5.74, 6) is -0.312. The Balaban J connectivity index is 1.68. The van der Waals surface area contributed by atoms with Gasteiger partial charge in [0.1, 0.15) is 0 Å². The fraction of sp³-hybridized carbons (Fsp3) is 0.222. The molecule has 2 amide bonds. The van der Waals surface area contributed by atoms with Crippen molar-refractivity contribution in [2.24, 2.45) is 5.10 Å². The van der Waals surface area contributed by atoms with Gasteiger partial charge in [0.2, 0.25) is 5.91 Å². The second kappa shape index (κ2) is 8.61. The minimum atomic E-state index is -0.444. The van der Waals surface area contributed by atoms with Crippen LogP contribution in [0.4, 0.5) is 5.69 Å². The van der Waals surface area contributed by atoms with E-state index in [2.05, 4.69) is 15.5 Å². The molecule has 0 radical (unpaired) electrons. The molecule has 28 heavy (non-hydrogen) atoms. The molecule has 0 unspecified atom stereocenters. The Kier molecular flexibility index (Phi) is 5.99. The number of aromatic nitrogens is 1. The van der Waals surface area contributed by atoms with E-state index in [1.165, 1.54) is 35.0 Å². The number of benzene rings is 1. The minimum absolute atomic E-state index is 0.0142. The first-order chi connectivity index (χ1) is 13.5. The van der Waals surface area contributed by atoms with Crippen molar-refractivity contribution in [3.05, 3.63) is 69.5 Å². The Hall–Kier alpha value is -3.27. The highest BCUT2D eigenvalue weighted by atomic mass is 32.2. The van der Waals surface area contributed by atoms with Crippen molar-refractivity contribution in [1.82, 2.24) is 15.3 Å². The third-order valence-electron chi connectivity index (χ3n) is 4.18. The van der Waals surface area contributed by atoms with E-state index in [0.29, 0.717) is 23.7 Å². The molecular formula is C18H17N5O4S. The lowest BCUT2D eigenvalue weighted by Gasteiger charge is -2.16. The molecule has 0 saturated carbocycles. The summed E-state index contributed by atoms with van der Waals surface area (Å²) in [6, 6.07) is 7.92. The lowest BCUT2D eigenvalue weighted by molar-refractivity contribution is -0.384. The number of nitrogens with zero attached hydrogens (tertiary/aromatic N) is 4. The molecule has 1 aliphatic rings. The molecule has 1 aromatic heterocycles. The number of non-ortho nitro benzene ring substituents is 1. The lowest BCUT2D eigenvalue weighted by atomic mass is 10.0. The van der Waals surface area contributed by atoms with Crippen molar-refractivity contribution in [2.45, 2.75) is 13.3 Å². The van der Waals surface area contributed by atoms with Gasteiger partial charge in [-0.1, -0.05) is 17.8 Å². The van der Waals surface area contributed by atoms with Crippen LogP contribution in [0.15, 0.2) is 47.8 Å². The molecule has 144 valence electrons. The van der Waals surface area contributed by atoms with Gasteiger partial charge in [-0.15, -0.1) is 5.10 Å². The summed E-state index contributed by atoms with van der Waals surface area (Å²) in [6.07, 6.45) is 3.42. The van der Waals surface area contributed by atoms with Crippen molar-refractivity contribution in [1.29, 1.82) is 0 Å². The molecule has 1 fully saturated rings. The number of thioether (sulfide) groups is 1. The number of amides is 2. The summed E-state index contributed by atoms with van der Waals surface area (Å²) in [6.45, 7) is 2.18. The van der Waals surface area contributed by atoms with E-state index in [1.54, 1.807) is 24.4 Å². The standard InChI is InChI=1S/C18H17N5O4S/c1-12-4-5-15(23(26)27)9-13(12)6-8-22-16(24)11-28-18(22)21-20-17(25)14-3-2-7-19-10-14/h2-5,7,9-10H,6,8,11H2,1H3,(H,20,25). The number of hydrogen-bond acceptors (Lipinski definition) is 7. The second-order valence-electron chi connectivity index (χ2n) is 6.03. The first-order valence-electron chi connectivity index (χ1n) is 8.41. The minimum Gasteiger partial charge on any atom is -0.289 e. The molecule has 1 saturated heterocycles. The van der Waals surface area contributed by atoms with E-state index in [-0.39, 0.29) is 17.3 Å². The Bertz CT molecular complexity index is 948. The smallest absolute Gasteiger partial charge is 0.273 e. The van der Waals surface area contributed by atoms with E-state index < -0.39 is 10.8 Å². The fourth-order valence-corrected chi connectivity index (χ4v) is 3.50. The summed E-state index contributed by atoms with van der Waals surface area (Å²) < 4.78 is 0. The van der Waals surface area contributed by atoms with Crippen LogP contribution in [0.5, 0.6) is 0 Å². The number of amidine groups is 1. The van der Waals surface area contributed by atoms with Gasteiger partial charge >= 0.3 is 0 Å². The molecule has 0 bridgehead atoms. The first kappa shape index (κ1) is 19.5. The molecular weight excluding hydrogens is 382 g/mol. The summed E-state index contributed by atoms with van der Waals surface area (Å²) in [5, 5.41) is 15.4. The number of rotatable bonds is 6. The van der Waals surface area contributed by atoms with E-state index in [1.807, 2.05) is 6.92 Å². The topological polar surface area (TPSA) is 118 Å². The van der Waals surface area contributed by atoms with Crippen LogP contribution >= 0.6 is 11.8 Å². The van der Waals surface area contributed by atoms with Crippen LogP contribution in [0.25, 0.3) is 0 Å². The molecule has 10 heteroatoms. The number of aryl methyl sites for hydroxylation is 1. The van der Waals surface area contributed by atoms with Crippen LogP contribution in [0.2, 0.25) is 0 Å². The molecule has 0 aliphatic carbocycles. The van der Waals surface area contributed by atoms with Gasteiger partial charge in [-0.2, -0.15) is 0 Å². The van der Waals surface area contributed by atoms with Crippen LogP contribution in [0.3, 0.4) is 0 Å². The maximum Gasteiger partial charge on any atom is 0.273 e. The summed E-state index contributed by atoms with van der Waals surface area (Å²) in [5.41, 5.74) is 4.51. The highest BCUT2D eigenvalue weighted by Crippen LogP contribution is 2.22. The molecule has 2 heterocycles. The average Bonchev–Trinajstić information content (AvgIpc) is 3.05. The Labute approximate surface area is 165 Å². The quantitative estimate of drug-likeness (QED) is 0.587. The van der Waals surface area contributed by atoms with Gasteiger partial charge in [0.25, 0.3) is 11.6 Å². The maximum absolute atomic E-state index is 12.2. The maximum atomic E-state index is 12.2. The van der Waals surface area contributed by atoms with Gasteiger partial charge in [0.15, 0.2) is 5.17 Å². The predicted molar refractivity (Wildman–Crippen MR) is 105 cm³/mol. The van der Waals surface area contributed by atoms with E-state index >= 15 is 0 Å². The fourth-order valence-electron chi connectivity index (χ4n) is 2.64. The van der Waals surface area contributed by atoms with E-state index in [0.717, 1.165) is 11.1 Å². The second-order valence-corrected chi connectivity index (χ2v) is 6.97. The Morgan fingerprint density at radius 1 is 1.43 bits per heavy atom. The predicted octanol–water partition coefficient (Wildman–Crippen LogP) is 2.12. The van der Waals surface area contributed by atoms with Gasteiger partial charge < -0.3 is 0 Å². The molecule has 1 aliphatic heterocycles. The molecule has 1 aromatic carbocycles. The normalized spacial score (nSPS) is 15.1. The lowest BCUT2D eigenvalue weighted by Crippen LogP contribution is -2.33. The largest absolute Gasteiger partial charge is 0.289 e. The van der Waals surface area contributed by atoms with Crippen molar-refractivity contribution >= 4 is 34.4 Å². The zero-order valence-corrected chi connectivity index (χ0v) is 15.8. The zero-order chi connectivity index (χ0) is 20.1. The van der Waals surface area contributed by atoms with Gasteiger partial charge in [0, 0.05) is 31.1 Å². The van der Waals surface area contributed by atoms with Gasteiger partial charge in [-0.05, 0) is 36.6 Å². The number of nitro groups is 1. The first-order valence-corrected chi connectivity index (χ1v) is 9.39. The summed E-state index contributed by atoms with van der Waals surface area (Å²) in [4.78, 5) is 40.1. The number of carbonyl (C=O) groups excluding carboxylic acids is 2. The molecule has 1 N–H and O–H groups in total. The number of pyridine rings is 1. The highest BCUT2D eigenvalue weighted by Gasteiger charge is 2.28. The summed E-state index contributed by atoms with van der Waals surface area (Å²) >= 11 is 1.23. The van der Waals surface area contributed by atoms with Crippen LogP contribution < -0.4 is 5.43 Å². The molecule has 0 spiro atoms. The van der Waals surface area contributed by atoms with Gasteiger partial charge in [-0.3, -0.25) is 29.6 Å². The number of nitrogens with one attached hydrogen (secondary N) is 1. The third-order valence-corrected chi connectivity index (χ3v) is 5.14.